The topological polar surface area (TPSA) is 20.2 Å². The SMILES string of the molecule is CC(C)=CC1CCCC(O)C1C. The normalized spacial score (nSPS) is 36.2. The zero-order valence-corrected chi connectivity index (χ0v) is 8.38. The summed E-state index contributed by atoms with van der Waals surface area (Å²) in [6.07, 6.45) is 5.67. The van der Waals surface area contributed by atoms with Gasteiger partial charge in [0.1, 0.15) is 0 Å². The molecule has 1 aliphatic carbocycles. The average Bonchev–Trinajstić information content (AvgIpc) is 1.98. The van der Waals surface area contributed by atoms with E-state index in [0.29, 0.717) is 11.8 Å². The van der Waals surface area contributed by atoms with Crippen LogP contribution >= 0.6 is 0 Å². The molecule has 1 N–H and O–H groups in total. The predicted molar refractivity (Wildman–Crippen MR) is 51.9 cm³/mol. The minimum atomic E-state index is -0.0700. The summed E-state index contributed by atoms with van der Waals surface area (Å²) in [5.74, 6) is 1.06. The number of aliphatic hydroxyl groups is 1. The minimum Gasteiger partial charge on any atom is -0.393 e. The van der Waals surface area contributed by atoms with Crippen LogP contribution in [0.2, 0.25) is 0 Å². The van der Waals surface area contributed by atoms with Gasteiger partial charge in [-0.15, -0.1) is 0 Å². The fraction of sp³-hybridized carbons (Fsp3) is 0.818. The highest BCUT2D eigenvalue weighted by atomic mass is 16.3. The molecule has 0 saturated heterocycles. The van der Waals surface area contributed by atoms with Gasteiger partial charge in [-0.3, -0.25) is 0 Å². The summed E-state index contributed by atoms with van der Waals surface area (Å²) in [6.45, 7) is 6.43. The first-order valence-electron chi connectivity index (χ1n) is 4.94. The Morgan fingerprint density at radius 1 is 1.33 bits per heavy atom. The molecular weight excluding hydrogens is 148 g/mol. The van der Waals surface area contributed by atoms with Crippen LogP contribution in [-0.4, -0.2) is 11.2 Å². The lowest BCUT2D eigenvalue weighted by Gasteiger charge is -2.31. The number of hydrogen-bond acceptors (Lipinski definition) is 1. The van der Waals surface area contributed by atoms with E-state index in [0.717, 1.165) is 6.42 Å². The van der Waals surface area contributed by atoms with Crippen molar-refractivity contribution in [3.63, 3.8) is 0 Å². The summed E-state index contributed by atoms with van der Waals surface area (Å²) in [5, 5.41) is 9.63. The molecule has 1 aliphatic rings. The third-order valence-corrected chi connectivity index (χ3v) is 2.87. The van der Waals surface area contributed by atoms with Crippen molar-refractivity contribution in [1.29, 1.82) is 0 Å². The summed E-state index contributed by atoms with van der Waals surface area (Å²) in [4.78, 5) is 0. The van der Waals surface area contributed by atoms with Gasteiger partial charge >= 0.3 is 0 Å². The molecule has 1 nitrogen and oxygen atoms in total. The second-order valence-corrected chi connectivity index (χ2v) is 4.27. The van der Waals surface area contributed by atoms with Crippen LogP contribution in [0.3, 0.4) is 0 Å². The lowest BCUT2D eigenvalue weighted by atomic mass is 9.78. The lowest BCUT2D eigenvalue weighted by Crippen LogP contribution is -2.29. The zero-order valence-electron chi connectivity index (χ0n) is 8.38. The molecular formula is C11H20O. The molecule has 0 heterocycles. The third kappa shape index (κ3) is 2.34. The Morgan fingerprint density at radius 3 is 2.58 bits per heavy atom. The molecule has 1 rings (SSSR count). The quantitative estimate of drug-likeness (QED) is 0.597. The van der Waals surface area contributed by atoms with Crippen LogP contribution < -0.4 is 0 Å². The van der Waals surface area contributed by atoms with Crippen molar-refractivity contribution in [1.82, 2.24) is 0 Å². The Bertz CT molecular complexity index is 168. The predicted octanol–water partition coefficient (Wildman–Crippen LogP) is 2.75. The van der Waals surface area contributed by atoms with Crippen LogP contribution in [0.1, 0.15) is 40.0 Å². The van der Waals surface area contributed by atoms with Crippen molar-refractivity contribution in [2.75, 3.05) is 0 Å². The number of aliphatic hydroxyl groups excluding tert-OH is 1. The summed E-state index contributed by atoms with van der Waals surface area (Å²) >= 11 is 0. The van der Waals surface area contributed by atoms with Crippen molar-refractivity contribution < 1.29 is 5.11 Å². The molecule has 3 unspecified atom stereocenters. The van der Waals surface area contributed by atoms with E-state index < -0.39 is 0 Å². The Hall–Kier alpha value is -0.300. The maximum absolute atomic E-state index is 9.63. The van der Waals surface area contributed by atoms with Crippen molar-refractivity contribution >= 4 is 0 Å². The van der Waals surface area contributed by atoms with Gasteiger partial charge in [-0.2, -0.15) is 0 Å². The maximum atomic E-state index is 9.63. The van der Waals surface area contributed by atoms with E-state index in [9.17, 15) is 5.11 Å². The van der Waals surface area contributed by atoms with Crippen LogP contribution in [0.25, 0.3) is 0 Å². The van der Waals surface area contributed by atoms with Gasteiger partial charge in [0, 0.05) is 0 Å². The van der Waals surface area contributed by atoms with Gasteiger partial charge in [-0.05, 0) is 38.5 Å². The highest BCUT2D eigenvalue weighted by molar-refractivity contribution is 5.01. The smallest absolute Gasteiger partial charge is 0.0571 e. The molecule has 70 valence electrons. The van der Waals surface area contributed by atoms with Crippen LogP contribution in [0.5, 0.6) is 0 Å². The van der Waals surface area contributed by atoms with Crippen LogP contribution in [0.15, 0.2) is 11.6 Å². The van der Waals surface area contributed by atoms with E-state index in [1.54, 1.807) is 0 Å². The van der Waals surface area contributed by atoms with Gasteiger partial charge in [-0.1, -0.05) is 25.0 Å². The van der Waals surface area contributed by atoms with Crippen molar-refractivity contribution in [3.8, 4) is 0 Å². The minimum absolute atomic E-state index is 0.0700. The van der Waals surface area contributed by atoms with E-state index >= 15 is 0 Å². The average molecular weight is 168 g/mol. The molecule has 0 radical (unpaired) electrons. The summed E-state index contributed by atoms with van der Waals surface area (Å²) in [6, 6.07) is 0. The standard InChI is InChI=1S/C11H20O/c1-8(2)7-10-5-4-6-11(12)9(10)3/h7,9-12H,4-6H2,1-3H3. The van der Waals surface area contributed by atoms with E-state index in [1.165, 1.54) is 18.4 Å². The van der Waals surface area contributed by atoms with Crippen LogP contribution in [-0.2, 0) is 0 Å². The van der Waals surface area contributed by atoms with E-state index in [2.05, 4.69) is 26.8 Å². The summed E-state index contributed by atoms with van der Waals surface area (Å²) in [5.41, 5.74) is 1.38. The number of hydrogen-bond donors (Lipinski definition) is 1. The second kappa shape index (κ2) is 4.08. The van der Waals surface area contributed by atoms with Gasteiger partial charge in [0.25, 0.3) is 0 Å². The highest BCUT2D eigenvalue weighted by Gasteiger charge is 2.26. The van der Waals surface area contributed by atoms with E-state index in [1.807, 2.05) is 0 Å². The third-order valence-electron chi connectivity index (χ3n) is 2.87. The molecule has 3 atom stereocenters. The monoisotopic (exact) mass is 168 g/mol. The van der Waals surface area contributed by atoms with Gasteiger partial charge in [-0.25, -0.2) is 0 Å². The molecule has 0 amide bonds. The van der Waals surface area contributed by atoms with E-state index in [4.69, 9.17) is 0 Å². The Morgan fingerprint density at radius 2 is 2.00 bits per heavy atom. The molecule has 1 fully saturated rings. The van der Waals surface area contributed by atoms with Crippen molar-refractivity contribution in [2.45, 2.75) is 46.1 Å². The fourth-order valence-corrected chi connectivity index (χ4v) is 2.04. The highest BCUT2D eigenvalue weighted by Crippen LogP contribution is 2.31. The first-order valence-corrected chi connectivity index (χ1v) is 4.94. The zero-order chi connectivity index (χ0) is 9.14. The lowest BCUT2D eigenvalue weighted by molar-refractivity contribution is 0.0568. The fourth-order valence-electron chi connectivity index (χ4n) is 2.04. The molecule has 0 spiro atoms. The first kappa shape index (κ1) is 9.79. The molecule has 0 bridgehead atoms. The van der Waals surface area contributed by atoms with Gasteiger partial charge < -0.3 is 5.11 Å². The van der Waals surface area contributed by atoms with Crippen molar-refractivity contribution in [3.05, 3.63) is 11.6 Å². The van der Waals surface area contributed by atoms with Gasteiger partial charge in [0.15, 0.2) is 0 Å². The molecule has 0 aliphatic heterocycles. The first-order chi connectivity index (χ1) is 5.61. The van der Waals surface area contributed by atoms with E-state index in [-0.39, 0.29) is 6.10 Å². The number of rotatable bonds is 1. The van der Waals surface area contributed by atoms with Crippen molar-refractivity contribution in [2.24, 2.45) is 11.8 Å². The molecule has 0 aromatic heterocycles. The van der Waals surface area contributed by atoms with Crippen LogP contribution in [0, 0.1) is 11.8 Å². The summed E-state index contributed by atoms with van der Waals surface area (Å²) < 4.78 is 0. The molecule has 0 aromatic carbocycles. The second-order valence-electron chi connectivity index (χ2n) is 4.27. The largest absolute Gasteiger partial charge is 0.393 e. The molecule has 12 heavy (non-hydrogen) atoms. The molecule has 1 saturated carbocycles. The number of allylic oxidation sites excluding steroid dienone is 2. The Labute approximate surface area is 75.5 Å². The van der Waals surface area contributed by atoms with Gasteiger partial charge in [0.05, 0.1) is 6.10 Å². The van der Waals surface area contributed by atoms with Gasteiger partial charge in [0.2, 0.25) is 0 Å². The molecule has 0 aromatic rings. The Kier molecular flexibility index (Phi) is 3.33. The van der Waals surface area contributed by atoms with Crippen LogP contribution in [0.4, 0.5) is 0 Å². The molecule has 1 heteroatoms. The Balaban J connectivity index is 2.58. The summed E-state index contributed by atoms with van der Waals surface area (Å²) in [7, 11) is 0. The maximum Gasteiger partial charge on any atom is 0.0571 e.